The van der Waals surface area contributed by atoms with Crippen molar-refractivity contribution in [3.05, 3.63) is 19.1 Å². The average molecular weight is 312 g/mol. The van der Waals surface area contributed by atoms with Crippen LogP contribution in [0.15, 0.2) is 12.4 Å². The van der Waals surface area contributed by atoms with Crippen LogP contribution in [0.25, 0.3) is 0 Å². The Labute approximate surface area is 133 Å². The van der Waals surface area contributed by atoms with Crippen molar-refractivity contribution in [1.82, 2.24) is 18.9 Å². The van der Waals surface area contributed by atoms with E-state index in [1.54, 1.807) is 0 Å². The van der Waals surface area contributed by atoms with E-state index in [1.807, 2.05) is 11.9 Å². The van der Waals surface area contributed by atoms with Gasteiger partial charge in [-0.15, -0.1) is 0 Å². The summed E-state index contributed by atoms with van der Waals surface area (Å²) in [5.74, 6) is 0. The molecule has 1 aliphatic rings. The first-order chi connectivity index (χ1) is 9.66. The summed E-state index contributed by atoms with van der Waals surface area (Å²) >= 11 is 0. The highest BCUT2D eigenvalue weighted by Crippen LogP contribution is 2.54. The Hall–Kier alpha value is -0.310. The van der Waals surface area contributed by atoms with Crippen molar-refractivity contribution in [3.8, 4) is 0 Å². The molecule has 5 heteroatoms. The van der Waals surface area contributed by atoms with Crippen LogP contribution in [0.1, 0.15) is 55.4 Å². The molecule has 0 aromatic rings. The van der Waals surface area contributed by atoms with Gasteiger partial charge in [-0.1, -0.05) is 0 Å². The van der Waals surface area contributed by atoms with Gasteiger partial charge in [-0.25, -0.2) is 9.34 Å². The fourth-order valence-electron chi connectivity index (χ4n) is 2.85. The molecule has 0 amide bonds. The third-order valence-corrected chi connectivity index (χ3v) is 6.70. The fraction of sp³-hybridized carbons (Fsp3) is 0.812. The Morgan fingerprint density at radius 2 is 1.14 bits per heavy atom. The minimum atomic E-state index is -0.613. The summed E-state index contributed by atoms with van der Waals surface area (Å²) in [6.07, 6.45) is 4.23. The maximum atomic E-state index is 3.44. The van der Waals surface area contributed by atoms with Gasteiger partial charge in [0.15, 0.2) is 8.37 Å². The molecule has 0 aromatic heterocycles. The second kappa shape index (κ2) is 7.80. The molecule has 0 spiro atoms. The van der Waals surface area contributed by atoms with Crippen LogP contribution in [0, 0.1) is 6.67 Å². The summed E-state index contributed by atoms with van der Waals surface area (Å²) < 4.78 is 7.51. The van der Waals surface area contributed by atoms with E-state index < -0.39 is 8.37 Å². The molecule has 122 valence electrons. The maximum absolute atomic E-state index is 3.44. The van der Waals surface area contributed by atoms with Gasteiger partial charge >= 0.3 is 0 Å². The average Bonchev–Trinajstić information content (AvgIpc) is 2.72. The summed E-state index contributed by atoms with van der Waals surface area (Å²) in [5.41, 5.74) is 0. The van der Waals surface area contributed by atoms with Gasteiger partial charge in [0.05, 0.1) is 0 Å². The van der Waals surface area contributed by atoms with Crippen molar-refractivity contribution in [2.45, 2.75) is 79.6 Å². The monoisotopic (exact) mass is 312 g/mol. The standard InChI is InChI=1S/C16H33N4P/c1-13(2)19(14(3)4)21(18-11-10-17(9)12-18)20(15(5)6)16(7)8/h10-11,13-16H,1-9H3. The first kappa shape index (κ1) is 18.7. The zero-order chi connectivity index (χ0) is 16.3. The SMILES string of the molecule is CC(C)N(C(C)C)P(N1[C]N(C)C=C1)N(C(C)C)C(C)C. The Morgan fingerprint density at radius 3 is 1.38 bits per heavy atom. The molecule has 4 nitrogen and oxygen atoms in total. The van der Waals surface area contributed by atoms with E-state index in [0.29, 0.717) is 24.2 Å². The van der Waals surface area contributed by atoms with Gasteiger partial charge in [0.1, 0.15) is 0 Å². The second-order valence-corrected chi connectivity index (χ2v) is 8.65. The lowest BCUT2D eigenvalue weighted by atomic mass is 10.3. The predicted octanol–water partition coefficient (Wildman–Crippen LogP) is 4.17. The van der Waals surface area contributed by atoms with Gasteiger partial charge < -0.3 is 4.90 Å². The van der Waals surface area contributed by atoms with Crippen molar-refractivity contribution < 1.29 is 0 Å². The van der Waals surface area contributed by atoms with E-state index in [2.05, 4.69) is 88.5 Å². The van der Waals surface area contributed by atoms with Crippen LogP contribution >= 0.6 is 8.37 Å². The van der Waals surface area contributed by atoms with Crippen molar-refractivity contribution >= 4 is 8.37 Å². The van der Waals surface area contributed by atoms with Crippen molar-refractivity contribution in [1.29, 1.82) is 0 Å². The largest absolute Gasteiger partial charge is 0.349 e. The summed E-state index contributed by atoms with van der Waals surface area (Å²) in [4.78, 5) is 2.01. The first-order valence-corrected chi connectivity index (χ1v) is 9.20. The Morgan fingerprint density at radius 1 is 0.762 bits per heavy atom. The van der Waals surface area contributed by atoms with Crippen LogP contribution in [0.5, 0.6) is 0 Å². The van der Waals surface area contributed by atoms with Crippen LogP contribution in [0.2, 0.25) is 0 Å². The second-order valence-electron chi connectivity index (χ2n) is 6.76. The molecular formula is C16H33N4P. The maximum Gasteiger partial charge on any atom is 0.213 e. The van der Waals surface area contributed by atoms with E-state index in [4.69, 9.17) is 0 Å². The highest BCUT2D eigenvalue weighted by Gasteiger charge is 2.38. The Bertz CT molecular complexity index is 305. The van der Waals surface area contributed by atoms with Gasteiger partial charge in [-0.05, 0) is 55.4 Å². The number of hydrogen-bond acceptors (Lipinski definition) is 4. The van der Waals surface area contributed by atoms with E-state index in [0.717, 1.165) is 0 Å². The third-order valence-electron chi connectivity index (χ3n) is 3.41. The van der Waals surface area contributed by atoms with E-state index in [-0.39, 0.29) is 0 Å². The minimum Gasteiger partial charge on any atom is -0.349 e. The molecular weight excluding hydrogens is 279 g/mol. The lowest BCUT2D eigenvalue weighted by Gasteiger charge is -2.49. The van der Waals surface area contributed by atoms with Gasteiger partial charge in [0.2, 0.25) is 6.67 Å². The highest BCUT2D eigenvalue weighted by molar-refractivity contribution is 7.50. The summed E-state index contributed by atoms with van der Waals surface area (Å²) in [6, 6.07) is 1.99. The van der Waals surface area contributed by atoms with Crippen molar-refractivity contribution in [2.75, 3.05) is 7.05 Å². The molecule has 21 heavy (non-hydrogen) atoms. The van der Waals surface area contributed by atoms with Gasteiger partial charge in [0, 0.05) is 43.6 Å². The molecule has 1 heterocycles. The molecule has 0 unspecified atom stereocenters. The molecule has 0 saturated carbocycles. The van der Waals surface area contributed by atoms with Crippen LogP contribution in [0.3, 0.4) is 0 Å². The fourth-order valence-corrected chi connectivity index (χ4v) is 5.59. The van der Waals surface area contributed by atoms with Crippen LogP contribution < -0.4 is 0 Å². The molecule has 1 aliphatic heterocycles. The van der Waals surface area contributed by atoms with E-state index >= 15 is 0 Å². The lowest BCUT2D eigenvalue weighted by Crippen LogP contribution is -2.46. The van der Waals surface area contributed by atoms with Gasteiger partial charge in [-0.3, -0.25) is 4.67 Å². The molecule has 0 N–H and O–H groups in total. The number of rotatable bonds is 7. The van der Waals surface area contributed by atoms with E-state index in [1.165, 1.54) is 0 Å². The quantitative estimate of drug-likeness (QED) is 0.654. The van der Waals surface area contributed by atoms with Crippen LogP contribution in [-0.2, 0) is 0 Å². The third kappa shape index (κ3) is 4.58. The molecule has 0 bridgehead atoms. The highest BCUT2D eigenvalue weighted by atomic mass is 31.2. The first-order valence-electron chi connectivity index (χ1n) is 8.00. The smallest absolute Gasteiger partial charge is 0.213 e. The molecule has 0 fully saturated rings. The molecule has 1 rings (SSSR count). The molecule has 2 radical (unpaired) electrons. The summed E-state index contributed by atoms with van der Waals surface area (Å²) in [7, 11) is 1.42. The van der Waals surface area contributed by atoms with Crippen LogP contribution in [0.4, 0.5) is 0 Å². The zero-order valence-corrected chi connectivity index (χ0v) is 16.1. The molecule has 0 atom stereocenters. The summed E-state index contributed by atoms with van der Waals surface area (Å²) in [5, 5.41) is 0. The van der Waals surface area contributed by atoms with Gasteiger partial charge in [0.25, 0.3) is 0 Å². The molecule has 0 aromatic carbocycles. The van der Waals surface area contributed by atoms with Crippen LogP contribution in [-0.4, -0.2) is 50.1 Å². The number of nitrogens with zero attached hydrogens (tertiary/aromatic N) is 4. The van der Waals surface area contributed by atoms with Crippen molar-refractivity contribution in [2.24, 2.45) is 0 Å². The molecule has 0 aliphatic carbocycles. The Balaban J connectivity index is 3.17. The summed E-state index contributed by atoms with van der Waals surface area (Å²) in [6.45, 7) is 21.8. The normalized spacial score (nSPS) is 16.4. The Kier molecular flexibility index (Phi) is 6.96. The van der Waals surface area contributed by atoms with E-state index in [9.17, 15) is 0 Å². The molecule has 0 saturated heterocycles. The number of hydrogen-bond donors (Lipinski definition) is 0. The van der Waals surface area contributed by atoms with Gasteiger partial charge in [-0.2, -0.15) is 0 Å². The lowest BCUT2D eigenvalue weighted by molar-refractivity contribution is 0.237. The van der Waals surface area contributed by atoms with Crippen molar-refractivity contribution in [3.63, 3.8) is 0 Å². The predicted molar refractivity (Wildman–Crippen MR) is 93.1 cm³/mol. The topological polar surface area (TPSA) is 13.0 Å². The zero-order valence-electron chi connectivity index (χ0n) is 15.2. The minimum absolute atomic E-state index is 0.497.